The van der Waals surface area contributed by atoms with Crippen molar-refractivity contribution in [1.29, 1.82) is 5.26 Å². The molecule has 28 heavy (non-hydrogen) atoms. The first-order chi connectivity index (χ1) is 13.7. The number of hydrogen-bond acceptors (Lipinski definition) is 5. The zero-order chi connectivity index (χ0) is 19.5. The molecular formula is C22H17N3O3. The van der Waals surface area contributed by atoms with Crippen molar-refractivity contribution >= 4 is 16.9 Å². The highest BCUT2D eigenvalue weighted by Gasteiger charge is 2.16. The van der Waals surface area contributed by atoms with E-state index in [1.165, 1.54) is 0 Å². The number of aromatic nitrogens is 2. The molecule has 0 spiro atoms. The van der Waals surface area contributed by atoms with Crippen LogP contribution in [0.4, 0.5) is 0 Å². The predicted molar refractivity (Wildman–Crippen MR) is 104 cm³/mol. The summed E-state index contributed by atoms with van der Waals surface area (Å²) in [5, 5.41) is 14.2. The van der Waals surface area contributed by atoms with Crippen LogP contribution in [-0.2, 0) is 11.3 Å². The Bertz CT molecular complexity index is 1180. The molecule has 138 valence electrons. The fraction of sp³-hybridized carbons (Fsp3) is 0.136. The molecule has 0 amide bonds. The molecule has 0 saturated carbocycles. The van der Waals surface area contributed by atoms with Crippen molar-refractivity contribution in [3.63, 3.8) is 0 Å². The summed E-state index contributed by atoms with van der Waals surface area (Å²) in [4.78, 5) is 11.8. The zero-order valence-corrected chi connectivity index (χ0v) is 15.3. The molecule has 0 aliphatic rings. The van der Waals surface area contributed by atoms with E-state index in [4.69, 9.17) is 9.26 Å². The molecule has 0 N–H and O–H groups in total. The fourth-order valence-electron chi connectivity index (χ4n) is 3.16. The van der Waals surface area contributed by atoms with Crippen LogP contribution >= 0.6 is 0 Å². The Hall–Kier alpha value is -3.85. The second-order valence-corrected chi connectivity index (χ2v) is 6.30. The third-order valence-electron chi connectivity index (χ3n) is 4.48. The van der Waals surface area contributed by atoms with E-state index in [0.717, 1.165) is 22.0 Å². The molecule has 0 saturated heterocycles. The van der Waals surface area contributed by atoms with Crippen LogP contribution in [-0.4, -0.2) is 22.3 Å². The van der Waals surface area contributed by atoms with Gasteiger partial charge in [0.2, 0.25) is 0 Å². The highest BCUT2D eigenvalue weighted by atomic mass is 16.5. The number of benzene rings is 2. The summed E-state index contributed by atoms with van der Waals surface area (Å²) in [6.07, 6.45) is 1.85. The van der Waals surface area contributed by atoms with E-state index >= 15 is 0 Å². The minimum atomic E-state index is -0.523. The Morgan fingerprint density at radius 3 is 2.79 bits per heavy atom. The summed E-state index contributed by atoms with van der Waals surface area (Å²) in [7, 11) is 0. The molecule has 0 unspecified atom stereocenters. The fourth-order valence-corrected chi connectivity index (χ4v) is 3.16. The molecule has 4 rings (SSSR count). The van der Waals surface area contributed by atoms with Crippen LogP contribution in [0.1, 0.15) is 28.5 Å². The Kier molecular flexibility index (Phi) is 4.65. The minimum absolute atomic E-state index is 0.124. The minimum Gasteiger partial charge on any atom is -0.461 e. The molecule has 2 aromatic heterocycles. The third-order valence-corrected chi connectivity index (χ3v) is 4.48. The number of nitriles is 1. The number of fused-ring (bicyclic) bond motifs is 1. The largest absolute Gasteiger partial charge is 0.461 e. The maximum atomic E-state index is 11.8. The number of carbonyl (C=O) groups is 1. The van der Waals surface area contributed by atoms with E-state index in [9.17, 15) is 10.1 Å². The number of ether oxygens (including phenoxy) is 1. The SMILES string of the molecule is CCOC(=O)c1cc(-c2ccc3c(c2)c(C#N)cn3Cc2ccccc2)on1. The zero-order valence-electron chi connectivity index (χ0n) is 15.3. The smallest absolute Gasteiger partial charge is 0.360 e. The Balaban J connectivity index is 1.71. The predicted octanol–water partition coefficient (Wildman–Crippen LogP) is 4.39. The van der Waals surface area contributed by atoms with Gasteiger partial charge in [-0.2, -0.15) is 5.26 Å². The second kappa shape index (κ2) is 7.41. The van der Waals surface area contributed by atoms with Crippen molar-refractivity contribution in [2.45, 2.75) is 13.5 Å². The number of nitrogens with zero attached hydrogens (tertiary/aromatic N) is 3. The van der Waals surface area contributed by atoms with Crippen molar-refractivity contribution in [3.8, 4) is 17.4 Å². The van der Waals surface area contributed by atoms with Crippen LogP contribution in [0.2, 0.25) is 0 Å². The molecular weight excluding hydrogens is 354 g/mol. The van der Waals surface area contributed by atoms with Crippen LogP contribution in [0.5, 0.6) is 0 Å². The van der Waals surface area contributed by atoms with Crippen molar-refractivity contribution in [2.24, 2.45) is 0 Å². The molecule has 0 atom stereocenters. The maximum absolute atomic E-state index is 11.8. The molecule has 4 aromatic rings. The molecule has 0 aliphatic heterocycles. The van der Waals surface area contributed by atoms with Crippen LogP contribution in [0.3, 0.4) is 0 Å². The van der Waals surface area contributed by atoms with Gasteiger partial charge in [0, 0.05) is 35.3 Å². The van der Waals surface area contributed by atoms with E-state index < -0.39 is 5.97 Å². The van der Waals surface area contributed by atoms with Crippen molar-refractivity contribution in [1.82, 2.24) is 9.72 Å². The van der Waals surface area contributed by atoms with E-state index in [-0.39, 0.29) is 12.3 Å². The van der Waals surface area contributed by atoms with Gasteiger partial charge < -0.3 is 13.8 Å². The standard InChI is InChI=1S/C22H17N3O3/c1-2-27-22(26)19-11-21(28-24-19)16-8-9-20-18(10-16)17(12-23)14-25(20)13-15-6-4-3-5-7-15/h3-11,14H,2,13H2,1H3. The molecule has 6 nitrogen and oxygen atoms in total. The summed E-state index contributed by atoms with van der Waals surface area (Å²) < 4.78 is 12.3. The normalized spacial score (nSPS) is 10.7. The van der Waals surface area contributed by atoms with Gasteiger partial charge in [-0.1, -0.05) is 35.5 Å². The average Bonchev–Trinajstić information content (AvgIpc) is 3.34. The van der Waals surface area contributed by atoms with Gasteiger partial charge in [-0.25, -0.2) is 4.79 Å². The summed E-state index contributed by atoms with van der Waals surface area (Å²) in [6, 6.07) is 19.6. The number of carbonyl (C=O) groups excluding carboxylic acids is 1. The Morgan fingerprint density at radius 2 is 2.04 bits per heavy atom. The summed E-state index contributed by atoms with van der Waals surface area (Å²) in [5.74, 6) is -0.0741. The van der Waals surface area contributed by atoms with Crippen LogP contribution in [0, 0.1) is 11.3 Å². The van der Waals surface area contributed by atoms with Crippen molar-refractivity contribution in [3.05, 3.63) is 77.6 Å². The molecule has 2 aromatic carbocycles. The van der Waals surface area contributed by atoms with Crippen molar-refractivity contribution < 1.29 is 14.1 Å². The molecule has 0 bridgehead atoms. The van der Waals surface area contributed by atoms with E-state index in [1.54, 1.807) is 13.0 Å². The van der Waals surface area contributed by atoms with Gasteiger partial charge >= 0.3 is 5.97 Å². The van der Waals surface area contributed by atoms with E-state index in [0.29, 0.717) is 17.9 Å². The monoisotopic (exact) mass is 371 g/mol. The molecule has 2 heterocycles. The van der Waals surface area contributed by atoms with Gasteiger partial charge in [-0.05, 0) is 30.7 Å². The lowest BCUT2D eigenvalue weighted by atomic mass is 10.1. The van der Waals surface area contributed by atoms with E-state index in [1.807, 2.05) is 42.6 Å². The lowest BCUT2D eigenvalue weighted by Gasteiger charge is -2.06. The quantitative estimate of drug-likeness (QED) is 0.486. The topological polar surface area (TPSA) is 81.0 Å². The maximum Gasteiger partial charge on any atom is 0.360 e. The first-order valence-corrected chi connectivity index (χ1v) is 8.90. The molecule has 0 aliphatic carbocycles. The van der Waals surface area contributed by atoms with Gasteiger partial charge in [0.1, 0.15) is 6.07 Å². The van der Waals surface area contributed by atoms with Gasteiger partial charge in [0.25, 0.3) is 0 Å². The number of esters is 1. The third kappa shape index (κ3) is 3.26. The van der Waals surface area contributed by atoms with Crippen LogP contribution in [0.25, 0.3) is 22.2 Å². The second-order valence-electron chi connectivity index (χ2n) is 6.30. The first-order valence-electron chi connectivity index (χ1n) is 8.90. The lowest BCUT2D eigenvalue weighted by molar-refractivity contribution is 0.0514. The van der Waals surface area contributed by atoms with E-state index in [2.05, 4.69) is 27.9 Å². The molecule has 0 fully saturated rings. The van der Waals surface area contributed by atoms with Crippen LogP contribution in [0.15, 0.2) is 65.3 Å². The van der Waals surface area contributed by atoms with Gasteiger partial charge in [0.05, 0.1) is 12.2 Å². The molecule has 0 radical (unpaired) electrons. The Labute approximate surface area is 161 Å². The molecule has 6 heteroatoms. The number of rotatable bonds is 5. The summed E-state index contributed by atoms with van der Waals surface area (Å²) >= 11 is 0. The van der Waals surface area contributed by atoms with Gasteiger partial charge in [-0.15, -0.1) is 0 Å². The number of hydrogen-bond donors (Lipinski definition) is 0. The highest BCUT2D eigenvalue weighted by molar-refractivity contribution is 5.91. The van der Waals surface area contributed by atoms with Gasteiger partial charge in [-0.3, -0.25) is 0 Å². The van der Waals surface area contributed by atoms with Crippen LogP contribution < -0.4 is 0 Å². The highest BCUT2D eigenvalue weighted by Crippen LogP contribution is 2.29. The van der Waals surface area contributed by atoms with Crippen molar-refractivity contribution in [2.75, 3.05) is 6.61 Å². The average molecular weight is 371 g/mol. The first kappa shape index (κ1) is 17.6. The Morgan fingerprint density at radius 1 is 1.21 bits per heavy atom. The van der Waals surface area contributed by atoms with Gasteiger partial charge in [0.15, 0.2) is 11.5 Å². The summed E-state index contributed by atoms with van der Waals surface area (Å²) in [6.45, 7) is 2.68. The lowest BCUT2D eigenvalue weighted by Crippen LogP contribution is -2.04. The summed E-state index contributed by atoms with van der Waals surface area (Å²) in [5.41, 5.74) is 3.55.